The molecule has 0 aliphatic heterocycles. The second-order valence-corrected chi connectivity index (χ2v) is 6.32. The summed E-state index contributed by atoms with van der Waals surface area (Å²) in [4.78, 5) is 34.6. The van der Waals surface area contributed by atoms with Crippen molar-refractivity contribution in [2.45, 2.75) is 46.6 Å². The zero-order valence-electron chi connectivity index (χ0n) is 15.7. The monoisotopic (exact) mass is 373 g/mol. The summed E-state index contributed by atoms with van der Waals surface area (Å²) in [6.07, 6.45) is 3.17. The fraction of sp³-hybridized carbons (Fsp3) is 0.421. The molecule has 0 spiro atoms. The molecule has 0 unspecified atom stereocenters. The molecule has 27 heavy (non-hydrogen) atoms. The predicted octanol–water partition coefficient (Wildman–Crippen LogP) is 3.18. The van der Waals surface area contributed by atoms with Crippen LogP contribution in [-0.2, 0) is 22.5 Å². The van der Waals surface area contributed by atoms with E-state index in [0.717, 1.165) is 24.8 Å². The van der Waals surface area contributed by atoms with E-state index < -0.39 is 10.9 Å². The summed E-state index contributed by atoms with van der Waals surface area (Å²) in [6, 6.07) is 7.26. The molecule has 8 nitrogen and oxygen atoms in total. The summed E-state index contributed by atoms with van der Waals surface area (Å²) in [5, 5.41) is 15.0. The number of Topliss-reactive ketones (excluding diaryl/α,β-unsaturated/α-hetero) is 1. The van der Waals surface area contributed by atoms with Crippen molar-refractivity contribution in [3.8, 4) is 0 Å². The first-order valence-electron chi connectivity index (χ1n) is 8.79. The molecule has 0 N–H and O–H groups in total. The highest BCUT2D eigenvalue weighted by atomic mass is 16.6. The number of nitrogens with zero attached hydrogens (tertiary/aromatic N) is 3. The fourth-order valence-electron chi connectivity index (χ4n) is 2.74. The van der Waals surface area contributed by atoms with E-state index in [4.69, 9.17) is 4.74 Å². The van der Waals surface area contributed by atoms with Crippen molar-refractivity contribution in [2.24, 2.45) is 0 Å². The Morgan fingerprint density at radius 3 is 2.44 bits per heavy atom. The third-order valence-corrected chi connectivity index (χ3v) is 4.26. The van der Waals surface area contributed by atoms with E-state index in [0.29, 0.717) is 5.56 Å². The number of aromatic nitrogens is 2. The molecular formula is C19H23N3O5. The summed E-state index contributed by atoms with van der Waals surface area (Å²) in [7, 11) is 0. The molecule has 1 aromatic carbocycles. The number of hydrogen-bond donors (Lipinski definition) is 0. The number of esters is 1. The molecule has 0 aliphatic rings. The molecule has 8 heteroatoms. The van der Waals surface area contributed by atoms with Crippen LogP contribution in [0.1, 0.15) is 47.1 Å². The molecule has 0 saturated carbocycles. The van der Waals surface area contributed by atoms with Crippen molar-refractivity contribution in [1.29, 1.82) is 0 Å². The lowest BCUT2D eigenvalue weighted by Gasteiger charge is -2.06. The van der Waals surface area contributed by atoms with Crippen molar-refractivity contribution < 1.29 is 19.2 Å². The van der Waals surface area contributed by atoms with Crippen molar-refractivity contribution in [3.05, 3.63) is 56.9 Å². The first-order chi connectivity index (χ1) is 12.8. The quantitative estimate of drug-likeness (QED) is 0.289. The Morgan fingerprint density at radius 2 is 1.89 bits per heavy atom. The van der Waals surface area contributed by atoms with E-state index >= 15 is 0 Å². The molecule has 0 atom stereocenters. The fourth-order valence-corrected chi connectivity index (χ4v) is 2.74. The second kappa shape index (κ2) is 9.07. The number of carbonyl (C=O) groups is 2. The van der Waals surface area contributed by atoms with Gasteiger partial charge in [-0.15, -0.1) is 0 Å². The molecule has 1 aromatic heterocycles. The summed E-state index contributed by atoms with van der Waals surface area (Å²) in [5.41, 5.74) is 2.01. The highest BCUT2D eigenvalue weighted by Crippen LogP contribution is 2.21. The molecular weight excluding hydrogens is 350 g/mol. The van der Waals surface area contributed by atoms with Gasteiger partial charge in [0.25, 0.3) is 0 Å². The van der Waals surface area contributed by atoms with Gasteiger partial charge in [-0.3, -0.25) is 24.4 Å². The second-order valence-electron chi connectivity index (χ2n) is 6.32. The van der Waals surface area contributed by atoms with Crippen LogP contribution in [0.5, 0.6) is 0 Å². The molecule has 0 aliphatic carbocycles. The minimum atomic E-state index is -0.677. The van der Waals surface area contributed by atoms with Gasteiger partial charge in [0, 0.05) is 5.56 Å². The number of hydrogen-bond acceptors (Lipinski definition) is 6. The van der Waals surface area contributed by atoms with Crippen LogP contribution in [0.3, 0.4) is 0 Å². The predicted molar refractivity (Wildman–Crippen MR) is 98.7 cm³/mol. The van der Waals surface area contributed by atoms with Crippen molar-refractivity contribution in [1.82, 2.24) is 9.78 Å². The Balaban J connectivity index is 1.91. The lowest BCUT2D eigenvalue weighted by Crippen LogP contribution is -2.19. The van der Waals surface area contributed by atoms with Gasteiger partial charge in [-0.25, -0.2) is 0 Å². The van der Waals surface area contributed by atoms with Crippen molar-refractivity contribution in [2.75, 3.05) is 6.61 Å². The highest BCUT2D eigenvalue weighted by molar-refractivity contribution is 5.97. The minimum Gasteiger partial charge on any atom is -0.456 e. The lowest BCUT2D eigenvalue weighted by atomic mass is 10.0. The van der Waals surface area contributed by atoms with E-state index in [2.05, 4.69) is 12.0 Å². The van der Waals surface area contributed by atoms with Crippen LogP contribution < -0.4 is 0 Å². The molecule has 0 fully saturated rings. The van der Waals surface area contributed by atoms with Crippen LogP contribution in [-0.4, -0.2) is 33.1 Å². The summed E-state index contributed by atoms with van der Waals surface area (Å²) < 4.78 is 6.21. The number of aryl methyl sites for hydroxylation is 2. The third kappa shape index (κ3) is 5.22. The smallest absolute Gasteiger partial charge is 0.328 e. The summed E-state index contributed by atoms with van der Waals surface area (Å²) in [6.45, 7) is 4.46. The molecule has 0 amide bonds. The average Bonchev–Trinajstić information content (AvgIpc) is 2.91. The zero-order chi connectivity index (χ0) is 20.0. The SMILES string of the molecule is CCCCc1ccc(C(=O)COC(=O)Cn2nc(C)c([N+](=O)[O-])c2C)cc1. The number of nitro groups is 1. The number of ether oxygens (including phenoxy) is 1. The Bertz CT molecular complexity index is 840. The van der Waals surface area contributed by atoms with Gasteiger partial charge >= 0.3 is 11.7 Å². The average molecular weight is 373 g/mol. The van der Waals surface area contributed by atoms with Gasteiger partial charge in [-0.1, -0.05) is 37.6 Å². The highest BCUT2D eigenvalue weighted by Gasteiger charge is 2.23. The zero-order valence-corrected chi connectivity index (χ0v) is 15.7. The first kappa shape index (κ1) is 20.3. The van der Waals surface area contributed by atoms with E-state index in [9.17, 15) is 19.7 Å². The van der Waals surface area contributed by atoms with Gasteiger partial charge in [0.05, 0.1) is 4.92 Å². The third-order valence-electron chi connectivity index (χ3n) is 4.26. The maximum atomic E-state index is 12.2. The minimum absolute atomic E-state index is 0.123. The molecule has 0 radical (unpaired) electrons. The first-order valence-corrected chi connectivity index (χ1v) is 8.79. The maximum absolute atomic E-state index is 12.2. The number of carbonyl (C=O) groups excluding carboxylic acids is 2. The lowest BCUT2D eigenvalue weighted by molar-refractivity contribution is -0.386. The van der Waals surface area contributed by atoms with Crippen LogP contribution >= 0.6 is 0 Å². The molecule has 2 rings (SSSR count). The molecule has 0 bridgehead atoms. The Hall–Kier alpha value is -3.03. The van der Waals surface area contributed by atoms with Crippen LogP contribution in [0.15, 0.2) is 24.3 Å². The van der Waals surface area contributed by atoms with E-state index in [1.165, 1.54) is 18.5 Å². The number of rotatable bonds is 9. The normalized spacial score (nSPS) is 10.6. The number of benzene rings is 1. The van der Waals surface area contributed by atoms with Crippen LogP contribution in [0.4, 0.5) is 5.69 Å². The molecule has 144 valence electrons. The summed E-state index contributed by atoms with van der Waals surface area (Å²) >= 11 is 0. The number of ketones is 1. The van der Waals surface area contributed by atoms with E-state index in [-0.39, 0.29) is 36.0 Å². The topological polar surface area (TPSA) is 104 Å². The van der Waals surface area contributed by atoms with Gasteiger partial charge in [-0.2, -0.15) is 5.10 Å². The van der Waals surface area contributed by atoms with Gasteiger partial charge in [0.2, 0.25) is 0 Å². The van der Waals surface area contributed by atoms with Crippen LogP contribution in [0.2, 0.25) is 0 Å². The molecule has 0 saturated heterocycles. The van der Waals surface area contributed by atoms with Gasteiger partial charge in [-0.05, 0) is 32.3 Å². The largest absolute Gasteiger partial charge is 0.456 e. The van der Waals surface area contributed by atoms with E-state index in [1.807, 2.05) is 12.1 Å². The number of unbranched alkanes of at least 4 members (excludes halogenated alkanes) is 1. The molecule has 2 aromatic rings. The van der Waals surface area contributed by atoms with Crippen LogP contribution in [0, 0.1) is 24.0 Å². The van der Waals surface area contributed by atoms with Gasteiger partial charge in [0.15, 0.2) is 12.4 Å². The van der Waals surface area contributed by atoms with Gasteiger partial charge < -0.3 is 4.74 Å². The molecule has 1 heterocycles. The Labute approximate surface area is 157 Å². The van der Waals surface area contributed by atoms with Crippen molar-refractivity contribution >= 4 is 17.4 Å². The van der Waals surface area contributed by atoms with Gasteiger partial charge in [0.1, 0.15) is 17.9 Å². The Morgan fingerprint density at radius 1 is 1.22 bits per heavy atom. The van der Waals surface area contributed by atoms with Crippen LogP contribution in [0.25, 0.3) is 0 Å². The van der Waals surface area contributed by atoms with Crippen molar-refractivity contribution in [3.63, 3.8) is 0 Å². The summed E-state index contributed by atoms with van der Waals surface area (Å²) in [5.74, 6) is -0.979. The van der Waals surface area contributed by atoms with E-state index in [1.54, 1.807) is 12.1 Å². The Kier molecular flexibility index (Phi) is 6.81. The standard InChI is InChI=1S/C19H23N3O5/c1-4-5-6-15-7-9-16(10-8-15)17(23)12-27-18(24)11-21-14(3)19(22(25)26)13(2)20-21/h7-10H,4-6,11-12H2,1-3H3. The maximum Gasteiger partial charge on any atom is 0.328 e.